The zero-order valence-electron chi connectivity index (χ0n) is 15.5. The molecule has 0 bridgehead atoms. The highest BCUT2D eigenvalue weighted by Crippen LogP contribution is 2.28. The first-order valence-electron chi connectivity index (χ1n) is 9.38. The fourth-order valence-corrected chi connectivity index (χ4v) is 3.39. The summed E-state index contributed by atoms with van der Waals surface area (Å²) in [6, 6.07) is 8.22. The van der Waals surface area contributed by atoms with Crippen LogP contribution in [0.15, 0.2) is 24.3 Å². The summed E-state index contributed by atoms with van der Waals surface area (Å²) in [5.41, 5.74) is 1.19. The Morgan fingerprint density at radius 1 is 1.08 bits per heavy atom. The fourth-order valence-electron chi connectivity index (χ4n) is 3.39. The lowest BCUT2D eigenvalue weighted by Gasteiger charge is -2.36. The molecule has 0 aromatic heterocycles. The number of amides is 1. The van der Waals surface area contributed by atoms with Crippen LogP contribution in [0, 0.1) is 31.6 Å². The number of rotatable bonds is 8. The summed E-state index contributed by atoms with van der Waals surface area (Å²) < 4.78 is 5.47. The first-order chi connectivity index (χ1) is 12.8. The summed E-state index contributed by atoms with van der Waals surface area (Å²) in [5, 5.41) is 2.98. The first kappa shape index (κ1) is 19.0. The number of unbranched alkanes of at least 4 members (excludes halogenated alkanes) is 1. The number of nitrogens with one attached hydrogen (secondary N) is 1. The molecule has 1 amide bonds. The molecular formula is C21H28N3O2. The lowest BCUT2D eigenvalue weighted by atomic mass is 10.1. The van der Waals surface area contributed by atoms with E-state index in [1.54, 1.807) is 7.11 Å². The molecule has 2 aliphatic rings. The third-order valence-corrected chi connectivity index (χ3v) is 4.91. The molecule has 0 spiro atoms. The highest BCUT2D eigenvalue weighted by Gasteiger charge is 2.24. The highest BCUT2D eigenvalue weighted by atomic mass is 16.5. The lowest BCUT2D eigenvalue weighted by molar-refractivity contribution is -0.118. The molecule has 2 fully saturated rings. The smallest absolute Gasteiger partial charge is 0.227 e. The molecule has 26 heavy (non-hydrogen) atoms. The van der Waals surface area contributed by atoms with E-state index in [9.17, 15) is 4.79 Å². The van der Waals surface area contributed by atoms with Crippen molar-refractivity contribution < 1.29 is 9.53 Å². The maximum Gasteiger partial charge on any atom is 0.227 e. The number of nitrogens with zero attached hydrogens (tertiary/aromatic N) is 2. The number of anilines is 1. The maximum absolute atomic E-state index is 11.9. The van der Waals surface area contributed by atoms with Gasteiger partial charge in [-0.15, -0.1) is 0 Å². The van der Waals surface area contributed by atoms with Gasteiger partial charge in [-0.25, -0.2) is 0 Å². The predicted molar refractivity (Wildman–Crippen MR) is 104 cm³/mol. The molecule has 3 rings (SSSR count). The monoisotopic (exact) mass is 354 g/mol. The van der Waals surface area contributed by atoms with E-state index in [-0.39, 0.29) is 5.91 Å². The number of benzene rings is 1. The zero-order valence-corrected chi connectivity index (χ0v) is 15.5. The fraction of sp³-hybridized carbons (Fsp3) is 0.429. The quantitative estimate of drug-likeness (QED) is 0.727. The second-order valence-electron chi connectivity index (χ2n) is 6.64. The Morgan fingerprint density at radius 3 is 2.54 bits per heavy atom. The number of ether oxygens (including phenoxy) is 1. The van der Waals surface area contributed by atoms with Crippen molar-refractivity contribution in [3.8, 4) is 5.75 Å². The van der Waals surface area contributed by atoms with E-state index in [1.807, 2.05) is 37.8 Å². The van der Waals surface area contributed by atoms with Crippen LogP contribution in [0.1, 0.15) is 12.8 Å². The number of hydrogen-bond donors (Lipinski definition) is 1. The Hall–Kier alpha value is -1.75. The van der Waals surface area contributed by atoms with Crippen molar-refractivity contribution in [2.24, 2.45) is 0 Å². The van der Waals surface area contributed by atoms with Gasteiger partial charge in [-0.2, -0.15) is 0 Å². The molecule has 1 heterocycles. The van der Waals surface area contributed by atoms with Crippen LogP contribution in [0.2, 0.25) is 0 Å². The summed E-state index contributed by atoms with van der Waals surface area (Å²) in [5.74, 6) is 1.72. The van der Waals surface area contributed by atoms with Crippen molar-refractivity contribution in [1.82, 2.24) is 10.2 Å². The van der Waals surface area contributed by atoms with E-state index in [0.29, 0.717) is 0 Å². The van der Waals surface area contributed by atoms with E-state index in [0.717, 1.165) is 63.8 Å². The van der Waals surface area contributed by atoms with Crippen LogP contribution in [-0.2, 0) is 4.79 Å². The van der Waals surface area contributed by atoms with Gasteiger partial charge in [-0.3, -0.25) is 9.69 Å². The zero-order chi connectivity index (χ0) is 18.2. The van der Waals surface area contributed by atoms with Gasteiger partial charge in [-0.05, 0) is 57.2 Å². The van der Waals surface area contributed by atoms with Gasteiger partial charge in [-0.1, -0.05) is 12.1 Å². The van der Waals surface area contributed by atoms with Crippen LogP contribution in [-0.4, -0.2) is 57.2 Å². The van der Waals surface area contributed by atoms with Gasteiger partial charge in [0.05, 0.1) is 18.7 Å². The second-order valence-corrected chi connectivity index (χ2v) is 6.64. The van der Waals surface area contributed by atoms with E-state index in [1.165, 1.54) is 5.69 Å². The molecule has 1 saturated heterocycles. The molecular weight excluding hydrogens is 326 g/mol. The molecule has 0 unspecified atom stereocenters. The predicted octanol–water partition coefficient (Wildman–Crippen LogP) is 2.12. The van der Waals surface area contributed by atoms with Gasteiger partial charge in [0.15, 0.2) is 0 Å². The highest BCUT2D eigenvalue weighted by molar-refractivity contribution is 5.95. The summed E-state index contributed by atoms with van der Waals surface area (Å²) in [4.78, 5) is 16.8. The summed E-state index contributed by atoms with van der Waals surface area (Å²) in [6.45, 7) is 6.01. The number of methoxy groups -OCH3 is 1. The minimum absolute atomic E-state index is 0.0282. The molecule has 1 aromatic carbocycles. The average Bonchev–Trinajstić information content (AvgIpc) is 3.23. The van der Waals surface area contributed by atoms with Crippen molar-refractivity contribution in [2.45, 2.75) is 12.8 Å². The molecule has 5 nitrogen and oxygen atoms in total. The van der Waals surface area contributed by atoms with E-state index in [2.05, 4.69) is 27.2 Å². The third kappa shape index (κ3) is 5.13. The Morgan fingerprint density at radius 2 is 1.81 bits per heavy atom. The van der Waals surface area contributed by atoms with Gasteiger partial charge in [0, 0.05) is 32.7 Å². The molecule has 139 valence electrons. The molecule has 1 aliphatic heterocycles. The Balaban J connectivity index is 1.30. The van der Waals surface area contributed by atoms with E-state index < -0.39 is 0 Å². The lowest BCUT2D eigenvalue weighted by Crippen LogP contribution is -2.46. The van der Waals surface area contributed by atoms with Crippen molar-refractivity contribution in [3.63, 3.8) is 0 Å². The Kier molecular flexibility index (Phi) is 7.18. The number of para-hydroxylation sites is 2. The molecule has 1 aliphatic carbocycles. The van der Waals surface area contributed by atoms with Gasteiger partial charge < -0.3 is 15.0 Å². The van der Waals surface area contributed by atoms with Crippen molar-refractivity contribution >= 4 is 11.6 Å². The summed E-state index contributed by atoms with van der Waals surface area (Å²) in [7, 11) is 1.73. The van der Waals surface area contributed by atoms with Gasteiger partial charge in [0.1, 0.15) is 5.75 Å². The molecule has 1 N–H and O–H groups in total. The number of carbonyl (C=O) groups is 1. The molecule has 1 saturated carbocycles. The normalized spacial score (nSPS) is 18.9. The third-order valence-electron chi connectivity index (χ3n) is 4.91. The van der Waals surface area contributed by atoms with Crippen molar-refractivity contribution in [1.29, 1.82) is 0 Å². The number of hydrogen-bond acceptors (Lipinski definition) is 4. The van der Waals surface area contributed by atoms with Crippen LogP contribution in [0.3, 0.4) is 0 Å². The van der Waals surface area contributed by atoms with Gasteiger partial charge in [0.25, 0.3) is 0 Å². The van der Waals surface area contributed by atoms with Crippen LogP contribution in [0.5, 0.6) is 5.75 Å². The van der Waals surface area contributed by atoms with Crippen LogP contribution >= 0.6 is 0 Å². The van der Waals surface area contributed by atoms with E-state index in [4.69, 9.17) is 4.74 Å². The SMILES string of the molecule is COc1ccccc1N1CCN(CCCCNC(=O)[C]2[CH][CH][CH][CH]2)CC1. The van der Waals surface area contributed by atoms with Crippen molar-refractivity contribution in [3.05, 3.63) is 55.9 Å². The maximum atomic E-state index is 11.9. The number of piperazine rings is 1. The Labute approximate surface area is 157 Å². The van der Waals surface area contributed by atoms with Crippen LogP contribution in [0.4, 0.5) is 5.69 Å². The summed E-state index contributed by atoms with van der Waals surface area (Å²) in [6.07, 6.45) is 9.58. The summed E-state index contributed by atoms with van der Waals surface area (Å²) >= 11 is 0. The van der Waals surface area contributed by atoms with Crippen molar-refractivity contribution in [2.75, 3.05) is 51.3 Å². The largest absolute Gasteiger partial charge is 0.495 e. The van der Waals surface area contributed by atoms with Crippen LogP contribution < -0.4 is 15.0 Å². The molecule has 5 radical (unpaired) electrons. The van der Waals surface area contributed by atoms with Gasteiger partial charge >= 0.3 is 0 Å². The molecule has 0 atom stereocenters. The standard InChI is InChI=1S/C21H28N3O2/c1-26-20-11-5-4-10-19(20)24-16-14-23(15-17-24)13-7-6-12-22-21(25)18-8-2-3-9-18/h2-5,8-11H,6-7,12-17H2,1H3,(H,22,25). The van der Waals surface area contributed by atoms with E-state index >= 15 is 0 Å². The Bertz CT molecular complexity index is 564. The average molecular weight is 354 g/mol. The topological polar surface area (TPSA) is 44.8 Å². The molecule has 1 aromatic rings. The minimum Gasteiger partial charge on any atom is -0.495 e. The first-order valence-corrected chi connectivity index (χ1v) is 9.38. The van der Waals surface area contributed by atoms with Crippen LogP contribution in [0.25, 0.3) is 0 Å². The minimum atomic E-state index is 0.0282. The number of carbonyl (C=O) groups excluding carboxylic acids is 1. The van der Waals surface area contributed by atoms with Gasteiger partial charge in [0.2, 0.25) is 5.91 Å². The molecule has 5 heteroatoms. The second kappa shape index (κ2) is 9.81.